The molecule has 2 heterocycles. The third-order valence-corrected chi connectivity index (χ3v) is 5.59. The molecule has 7 heteroatoms. The molecule has 0 spiro atoms. The summed E-state index contributed by atoms with van der Waals surface area (Å²) in [7, 11) is 2.95. The van der Waals surface area contributed by atoms with Crippen molar-refractivity contribution in [1.82, 2.24) is 4.98 Å². The number of nitrogens with one attached hydrogen (secondary N) is 1. The van der Waals surface area contributed by atoms with Crippen LogP contribution in [0.25, 0.3) is 21.5 Å². The van der Waals surface area contributed by atoms with Crippen LogP contribution in [-0.2, 0) is 4.74 Å². The number of thiophene rings is 1. The van der Waals surface area contributed by atoms with E-state index in [9.17, 15) is 9.59 Å². The highest BCUT2D eigenvalue weighted by Crippen LogP contribution is 2.28. The maximum atomic E-state index is 13.1. The minimum absolute atomic E-state index is 0.222. The van der Waals surface area contributed by atoms with Crippen LogP contribution in [0.15, 0.2) is 72.1 Å². The summed E-state index contributed by atoms with van der Waals surface area (Å²) in [6.45, 7) is 0. The van der Waals surface area contributed by atoms with E-state index in [1.54, 1.807) is 42.6 Å². The Balaban J connectivity index is 1.64. The lowest BCUT2D eigenvalue weighted by Crippen LogP contribution is -2.25. The molecule has 0 aliphatic heterocycles. The zero-order valence-electron chi connectivity index (χ0n) is 16.5. The summed E-state index contributed by atoms with van der Waals surface area (Å²) >= 11 is 1.58. The Hall–Kier alpha value is -3.71. The Morgan fingerprint density at radius 1 is 1.03 bits per heavy atom. The quantitative estimate of drug-likeness (QED) is 0.481. The van der Waals surface area contributed by atoms with Crippen molar-refractivity contribution in [3.63, 3.8) is 0 Å². The van der Waals surface area contributed by atoms with Crippen LogP contribution in [0.4, 0.5) is 16.2 Å². The van der Waals surface area contributed by atoms with E-state index in [4.69, 9.17) is 9.72 Å². The van der Waals surface area contributed by atoms with Crippen LogP contribution in [0.3, 0.4) is 0 Å². The number of hydrogen-bond donors (Lipinski definition) is 1. The predicted octanol–water partition coefficient (Wildman–Crippen LogP) is 5.42. The molecule has 4 rings (SSSR count). The lowest BCUT2D eigenvalue weighted by Gasteiger charge is -2.16. The molecule has 0 radical (unpaired) electrons. The van der Waals surface area contributed by atoms with E-state index in [1.807, 2.05) is 47.8 Å². The molecule has 0 bridgehead atoms. The maximum absolute atomic E-state index is 13.1. The number of fused-ring (bicyclic) bond motifs is 1. The standard InChI is InChI=1S/C23H19N3O3S/c1-26(23(28)29-2)16-11-9-15(10-12-16)24-22(27)18-14-20(21-8-5-13-30-21)25-19-7-4-3-6-17(18)19/h3-14H,1-2H3,(H,24,27). The molecule has 2 aromatic heterocycles. The van der Waals surface area contributed by atoms with E-state index in [0.29, 0.717) is 16.9 Å². The lowest BCUT2D eigenvalue weighted by atomic mass is 10.1. The summed E-state index contributed by atoms with van der Waals surface area (Å²) in [5.74, 6) is -0.222. The van der Waals surface area contributed by atoms with Crippen molar-refractivity contribution >= 4 is 45.6 Å². The molecule has 0 aliphatic rings. The molecular weight excluding hydrogens is 398 g/mol. The average Bonchev–Trinajstić information content (AvgIpc) is 3.33. The fourth-order valence-electron chi connectivity index (χ4n) is 3.12. The SMILES string of the molecule is COC(=O)N(C)c1ccc(NC(=O)c2cc(-c3cccs3)nc3ccccc23)cc1. The van der Waals surface area contributed by atoms with Crippen molar-refractivity contribution in [2.24, 2.45) is 0 Å². The summed E-state index contributed by atoms with van der Waals surface area (Å²) in [5.41, 5.74) is 3.38. The van der Waals surface area contributed by atoms with Crippen molar-refractivity contribution in [3.05, 3.63) is 77.7 Å². The van der Waals surface area contributed by atoms with E-state index in [2.05, 4.69) is 5.32 Å². The second-order valence-corrected chi connectivity index (χ2v) is 7.53. The number of carbonyl (C=O) groups is 2. The van der Waals surface area contributed by atoms with Gasteiger partial charge in [-0.3, -0.25) is 9.69 Å². The van der Waals surface area contributed by atoms with Crippen LogP contribution in [0.1, 0.15) is 10.4 Å². The molecule has 1 N–H and O–H groups in total. The molecule has 30 heavy (non-hydrogen) atoms. The largest absolute Gasteiger partial charge is 0.452 e. The van der Waals surface area contributed by atoms with Crippen molar-refractivity contribution in [1.29, 1.82) is 0 Å². The summed E-state index contributed by atoms with van der Waals surface area (Å²) < 4.78 is 4.71. The molecule has 0 unspecified atom stereocenters. The molecule has 150 valence electrons. The van der Waals surface area contributed by atoms with Gasteiger partial charge in [0.05, 0.1) is 28.8 Å². The van der Waals surface area contributed by atoms with Gasteiger partial charge in [-0.2, -0.15) is 0 Å². The Morgan fingerprint density at radius 2 is 1.80 bits per heavy atom. The third-order valence-electron chi connectivity index (χ3n) is 4.70. The van der Waals surface area contributed by atoms with E-state index in [-0.39, 0.29) is 5.91 Å². The number of amides is 2. The number of benzene rings is 2. The van der Waals surface area contributed by atoms with Gasteiger partial charge >= 0.3 is 6.09 Å². The van der Waals surface area contributed by atoms with Gasteiger partial charge in [-0.1, -0.05) is 24.3 Å². The Morgan fingerprint density at radius 3 is 2.50 bits per heavy atom. The van der Waals surface area contributed by atoms with E-state index in [1.165, 1.54) is 12.0 Å². The van der Waals surface area contributed by atoms with Gasteiger partial charge in [-0.15, -0.1) is 11.3 Å². The molecule has 4 aromatic rings. The number of nitrogens with zero attached hydrogens (tertiary/aromatic N) is 2. The molecule has 0 saturated heterocycles. The van der Waals surface area contributed by atoms with Gasteiger partial charge in [0.25, 0.3) is 5.91 Å². The number of hydrogen-bond acceptors (Lipinski definition) is 5. The maximum Gasteiger partial charge on any atom is 0.413 e. The molecule has 6 nitrogen and oxygen atoms in total. The minimum Gasteiger partial charge on any atom is -0.452 e. The molecule has 0 aliphatic carbocycles. The highest BCUT2D eigenvalue weighted by Gasteiger charge is 2.15. The second kappa shape index (κ2) is 8.34. The monoisotopic (exact) mass is 417 g/mol. The van der Waals surface area contributed by atoms with Crippen LogP contribution in [0, 0.1) is 0 Å². The van der Waals surface area contributed by atoms with E-state index >= 15 is 0 Å². The Bertz CT molecular complexity index is 1200. The smallest absolute Gasteiger partial charge is 0.413 e. The van der Waals surface area contributed by atoms with Gasteiger partial charge in [0.2, 0.25) is 0 Å². The molecule has 0 atom stereocenters. The van der Waals surface area contributed by atoms with Gasteiger partial charge < -0.3 is 10.1 Å². The van der Waals surface area contributed by atoms with Crippen LogP contribution in [-0.4, -0.2) is 31.1 Å². The Labute approximate surface area is 177 Å². The van der Waals surface area contributed by atoms with Gasteiger partial charge in [-0.25, -0.2) is 9.78 Å². The van der Waals surface area contributed by atoms with Gasteiger partial charge in [-0.05, 0) is 47.8 Å². The minimum atomic E-state index is -0.462. The number of rotatable bonds is 4. The molecule has 2 amide bonds. The van der Waals surface area contributed by atoms with Gasteiger partial charge in [0.1, 0.15) is 0 Å². The summed E-state index contributed by atoms with van der Waals surface area (Å²) in [6.07, 6.45) is -0.462. The first-order valence-electron chi connectivity index (χ1n) is 9.23. The number of carbonyl (C=O) groups excluding carboxylic acids is 2. The molecular formula is C23H19N3O3S. The van der Waals surface area contributed by atoms with Crippen molar-refractivity contribution in [2.75, 3.05) is 24.4 Å². The first kappa shape index (κ1) is 19.6. The molecule has 0 saturated carbocycles. The lowest BCUT2D eigenvalue weighted by molar-refractivity contribution is 0.102. The number of anilines is 2. The predicted molar refractivity (Wildman–Crippen MR) is 120 cm³/mol. The first-order chi connectivity index (χ1) is 14.6. The number of ether oxygens (including phenoxy) is 1. The van der Waals surface area contributed by atoms with Gasteiger partial charge in [0.15, 0.2) is 0 Å². The van der Waals surface area contributed by atoms with Gasteiger partial charge in [0, 0.05) is 23.8 Å². The average molecular weight is 417 g/mol. The van der Waals surface area contributed by atoms with Crippen LogP contribution >= 0.6 is 11.3 Å². The van der Waals surface area contributed by atoms with E-state index in [0.717, 1.165) is 21.5 Å². The molecule has 2 aromatic carbocycles. The second-order valence-electron chi connectivity index (χ2n) is 6.58. The first-order valence-corrected chi connectivity index (χ1v) is 10.1. The summed E-state index contributed by atoms with van der Waals surface area (Å²) in [4.78, 5) is 31.8. The topological polar surface area (TPSA) is 71.5 Å². The highest BCUT2D eigenvalue weighted by atomic mass is 32.1. The zero-order chi connectivity index (χ0) is 21.1. The highest BCUT2D eigenvalue weighted by molar-refractivity contribution is 7.13. The number of pyridine rings is 1. The van der Waals surface area contributed by atoms with Crippen molar-refractivity contribution < 1.29 is 14.3 Å². The fraction of sp³-hybridized carbons (Fsp3) is 0.0870. The van der Waals surface area contributed by atoms with Crippen molar-refractivity contribution in [2.45, 2.75) is 0 Å². The van der Waals surface area contributed by atoms with Crippen LogP contribution < -0.4 is 10.2 Å². The van der Waals surface area contributed by atoms with Crippen LogP contribution in [0.2, 0.25) is 0 Å². The summed E-state index contributed by atoms with van der Waals surface area (Å²) in [5, 5.41) is 5.71. The molecule has 0 fully saturated rings. The number of para-hydroxylation sites is 1. The van der Waals surface area contributed by atoms with E-state index < -0.39 is 6.09 Å². The van der Waals surface area contributed by atoms with Crippen LogP contribution in [0.5, 0.6) is 0 Å². The zero-order valence-corrected chi connectivity index (χ0v) is 17.3. The number of aromatic nitrogens is 1. The Kier molecular flexibility index (Phi) is 5.45. The van der Waals surface area contributed by atoms with Crippen molar-refractivity contribution in [3.8, 4) is 10.6 Å². The fourth-order valence-corrected chi connectivity index (χ4v) is 3.81. The summed E-state index contributed by atoms with van der Waals surface area (Å²) in [6, 6.07) is 20.3. The number of methoxy groups -OCH3 is 1. The normalized spacial score (nSPS) is 10.6. The third kappa shape index (κ3) is 3.88.